The van der Waals surface area contributed by atoms with Crippen LogP contribution in [-0.4, -0.2) is 38.3 Å². The predicted molar refractivity (Wildman–Crippen MR) is 68.5 cm³/mol. The third kappa shape index (κ3) is 6.09. The minimum Gasteiger partial charge on any atom is -0.480 e. The van der Waals surface area contributed by atoms with Crippen molar-refractivity contribution in [3.63, 3.8) is 0 Å². The van der Waals surface area contributed by atoms with Gasteiger partial charge in [-0.25, -0.2) is 4.21 Å². The van der Waals surface area contributed by atoms with Gasteiger partial charge in [-0.3, -0.25) is 14.1 Å². The van der Waals surface area contributed by atoms with Crippen LogP contribution in [0.15, 0.2) is 30.3 Å². The van der Waals surface area contributed by atoms with Crippen molar-refractivity contribution in [1.29, 1.82) is 0 Å². The molecule has 1 aromatic rings. The van der Waals surface area contributed by atoms with Crippen LogP contribution in [0, 0.1) is 0 Å². The highest BCUT2D eigenvalue weighted by molar-refractivity contribution is 7.77. The normalized spacial score (nSPS) is 13.5. The molecule has 19 heavy (non-hydrogen) atoms. The number of carboxylic acid groups (broad SMARTS) is 1. The van der Waals surface area contributed by atoms with Gasteiger partial charge in [0.1, 0.15) is 6.04 Å². The lowest BCUT2D eigenvalue weighted by molar-refractivity contribution is -0.138. The molecular weight excluding hydrogens is 272 g/mol. The van der Waals surface area contributed by atoms with Gasteiger partial charge in [0.15, 0.2) is 0 Å². The number of amides is 1. The summed E-state index contributed by atoms with van der Waals surface area (Å²) >= 11 is -2.45. The van der Waals surface area contributed by atoms with E-state index in [0.717, 1.165) is 5.56 Å². The van der Waals surface area contributed by atoms with E-state index in [-0.39, 0.29) is 18.9 Å². The smallest absolute Gasteiger partial charge is 0.323 e. The SMILES string of the molecule is O=C(Cc1ccccc1)NCC(NS(=O)O)C(=O)O. The number of hydrogen-bond donors (Lipinski definition) is 4. The lowest BCUT2D eigenvalue weighted by Gasteiger charge is -2.12. The van der Waals surface area contributed by atoms with Crippen LogP contribution in [0.3, 0.4) is 0 Å². The van der Waals surface area contributed by atoms with Crippen LogP contribution in [0.2, 0.25) is 0 Å². The molecular formula is C11H14N2O5S. The van der Waals surface area contributed by atoms with Gasteiger partial charge in [0, 0.05) is 6.54 Å². The monoisotopic (exact) mass is 286 g/mol. The first-order valence-electron chi connectivity index (χ1n) is 5.39. The van der Waals surface area contributed by atoms with Gasteiger partial charge in [-0.1, -0.05) is 30.3 Å². The summed E-state index contributed by atoms with van der Waals surface area (Å²) in [6.07, 6.45) is 0.120. The van der Waals surface area contributed by atoms with Crippen molar-refractivity contribution in [1.82, 2.24) is 10.0 Å². The molecule has 0 aliphatic carbocycles. The molecule has 1 amide bonds. The van der Waals surface area contributed by atoms with Crippen LogP contribution in [0.4, 0.5) is 0 Å². The molecule has 8 heteroatoms. The van der Waals surface area contributed by atoms with Crippen LogP contribution in [0.5, 0.6) is 0 Å². The van der Waals surface area contributed by atoms with Gasteiger partial charge in [0.25, 0.3) is 0 Å². The van der Waals surface area contributed by atoms with Gasteiger partial charge in [-0.05, 0) is 5.56 Å². The van der Waals surface area contributed by atoms with E-state index < -0.39 is 23.3 Å². The van der Waals surface area contributed by atoms with Gasteiger partial charge in [0.2, 0.25) is 17.2 Å². The Morgan fingerprint density at radius 1 is 1.26 bits per heavy atom. The Morgan fingerprint density at radius 2 is 1.89 bits per heavy atom. The van der Waals surface area contributed by atoms with E-state index in [1.807, 2.05) is 10.8 Å². The second kappa shape index (κ2) is 7.62. The summed E-state index contributed by atoms with van der Waals surface area (Å²) in [6, 6.07) is 7.64. The molecule has 0 fully saturated rings. The lowest BCUT2D eigenvalue weighted by atomic mass is 10.1. The largest absolute Gasteiger partial charge is 0.480 e. The second-order valence-corrected chi connectivity index (χ2v) is 4.46. The van der Waals surface area contributed by atoms with Crippen LogP contribution < -0.4 is 10.0 Å². The molecule has 0 heterocycles. The number of carbonyl (C=O) groups excluding carboxylic acids is 1. The molecule has 0 aliphatic heterocycles. The number of nitrogens with one attached hydrogen (secondary N) is 2. The Hall–Kier alpha value is -1.77. The van der Waals surface area contributed by atoms with Crippen LogP contribution in [0.1, 0.15) is 5.56 Å². The van der Waals surface area contributed by atoms with Gasteiger partial charge >= 0.3 is 5.97 Å². The van der Waals surface area contributed by atoms with Crippen molar-refractivity contribution in [2.75, 3.05) is 6.54 Å². The maximum absolute atomic E-state index is 11.6. The zero-order chi connectivity index (χ0) is 14.3. The molecule has 0 saturated carbocycles. The highest BCUT2D eigenvalue weighted by Crippen LogP contribution is 1.99. The maximum Gasteiger partial charge on any atom is 0.323 e. The first-order chi connectivity index (χ1) is 8.99. The van der Waals surface area contributed by atoms with Gasteiger partial charge in [0.05, 0.1) is 6.42 Å². The number of hydrogen-bond acceptors (Lipinski definition) is 3. The topological polar surface area (TPSA) is 116 Å². The minimum atomic E-state index is -2.45. The summed E-state index contributed by atoms with van der Waals surface area (Å²) in [5.74, 6) is -1.68. The van der Waals surface area contributed by atoms with Crippen molar-refractivity contribution in [2.45, 2.75) is 12.5 Å². The molecule has 104 valence electrons. The molecule has 7 nitrogen and oxygen atoms in total. The summed E-state index contributed by atoms with van der Waals surface area (Å²) in [5, 5.41) is 11.2. The number of carboxylic acids is 1. The van der Waals surface area contributed by atoms with Crippen LogP contribution in [0.25, 0.3) is 0 Å². The Kier molecular flexibility index (Phi) is 6.13. The predicted octanol–water partition coefficient (Wildman–Crippen LogP) is -0.475. The van der Waals surface area contributed by atoms with E-state index in [4.69, 9.17) is 9.66 Å². The fraction of sp³-hybridized carbons (Fsp3) is 0.273. The molecule has 1 aromatic carbocycles. The highest BCUT2D eigenvalue weighted by atomic mass is 32.2. The highest BCUT2D eigenvalue weighted by Gasteiger charge is 2.19. The zero-order valence-corrected chi connectivity index (χ0v) is 10.7. The van der Waals surface area contributed by atoms with Crippen molar-refractivity contribution < 1.29 is 23.5 Å². The average Bonchev–Trinajstić information content (AvgIpc) is 2.35. The molecule has 2 atom stereocenters. The Bertz CT molecular complexity index is 465. The first-order valence-corrected chi connectivity index (χ1v) is 6.50. The number of benzene rings is 1. The third-order valence-electron chi connectivity index (χ3n) is 2.25. The number of rotatable bonds is 7. The summed E-state index contributed by atoms with van der Waals surface area (Å²) in [6.45, 7) is -0.271. The fourth-order valence-corrected chi connectivity index (χ4v) is 1.79. The second-order valence-electron chi connectivity index (χ2n) is 3.72. The van der Waals surface area contributed by atoms with Gasteiger partial charge in [-0.2, -0.15) is 4.72 Å². The first kappa shape index (κ1) is 15.3. The van der Waals surface area contributed by atoms with Crippen molar-refractivity contribution in [3.8, 4) is 0 Å². The van der Waals surface area contributed by atoms with E-state index in [1.54, 1.807) is 24.3 Å². The van der Waals surface area contributed by atoms with Gasteiger partial charge < -0.3 is 10.4 Å². The molecule has 0 saturated heterocycles. The van der Waals surface area contributed by atoms with Crippen LogP contribution in [-0.2, 0) is 27.3 Å². The zero-order valence-electron chi connectivity index (χ0n) is 9.91. The summed E-state index contributed by atoms with van der Waals surface area (Å²) in [5.41, 5.74) is 0.797. The summed E-state index contributed by atoms with van der Waals surface area (Å²) in [7, 11) is 0. The molecule has 0 aromatic heterocycles. The molecule has 0 bridgehead atoms. The molecule has 2 unspecified atom stereocenters. The van der Waals surface area contributed by atoms with E-state index in [9.17, 15) is 13.8 Å². The quantitative estimate of drug-likeness (QED) is 0.505. The summed E-state index contributed by atoms with van der Waals surface area (Å²) < 4.78 is 20.9. The Morgan fingerprint density at radius 3 is 2.42 bits per heavy atom. The molecule has 0 radical (unpaired) electrons. The van der Waals surface area contributed by atoms with E-state index in [1.165, 1.54) is 0 Å². The third-order valence-corrected chi connectivity index (χ3v) is 2.74. The average molecular weight is 286 g/mol. The molecule has 4 N–H and O–H groups in total. The molecule has 0 spiro atoms. The number of aliphatic carboxylic acids is 1. The Balaban J connectivity index is 2.44. The number of carbonyl (C=O) groups is 2. The van der Waals surface area contributed by atoms with E-state index in [2.05, 4.69) is 5.32 Å². The van der Waals surface area contributed by atoms with Crippen molar-refractivity contribution in [2.24, 2.45) is 0 Å². The fourth-order valence-electron chi connectivity index (χ4n) is 1.36. The van der Waals surface area contributed by atoms with Crippen LogP contribution >= 0.6 is 0 Å². The van der Waals surface area contributed by atoms with E-state index in [0.29, 0.717) is 0 Å². The minimum absolute atomic E-state index is 0.120. The van der Waals surface area contributed by atoms with Crippen molar-refractivity contribution in [3.05, 3.63) is 35.9 Å². The maximum atomic E-state index is 11.6. The van der Waals surface area contributed by atoms with E-state index >= 15 is 0 Å². The summed E-state index contributed by atoms with van der Waals surface area (Å²) in [4.78, 5) is 22.3. The molecule has 1 rings (SSSR count). The van der Waals surface area contributed by atoms with Crippen molar-refractivity contribution >= 4 is 23.1 Å². The van der Waals surface area contributed by atoms with Gasteiger partial charge in [-0.15, -0.1) is 0 Å². The standard InChI is InChI=1S/C11H14N2O5S/c14-10(6-8-4-2-1-3-5-8)12-7-9(11(15)16)13-19(17)18/h1-5,9,13H,6-7H2,(H,12,14)(H,15,16)(H,17,18). The lowest BCUT2D eigenvalue weighted by Crippen LogP contribution is -2.46. The molecule has 0 aliphatic rings. The Labute approximate surface area is 112 Å².